The minimum Gasteiger partial charge on any atom is -0.396 e. The minimum atomic E-state index is 0.194. The second kappa shape index (κ2) is 6.36. The number of likely N-dealkylation sites (tertiary alicyclic amines) is 1. The van der Waals surface area contributed by atoms with Crippen LogP contribution in [-0.2, 0) is 0 Å². The minimum absolute atomic E-state index is 0.194. The lowest BCUT2D eigenvalue weighted by Crippen LogP contribution is -2.45. The Hall–Kier alpha value is -0.120. The van der Waals surface area contributed by atoms with Crippen molar-refractivity contribution >= 4 is 0 Å². The maximum absolute atomic E-state index is 9.63. The number of hydrogen-bond donors (Lipinski definition) is 2. The topological polar surface area (TPSA) is 35.5 Å². The average molecular weight is 254 g/mol. The van der Waals surface area contributed by atoms with Gasteiger partial charge in [-0.05, 0) is 58.7 Å². The first-order valence-corrected chi connectivity index (χ1v) is 7.68. The fourth-order valence-electron chi connectivity index (χ4n) is 3.59. The van der Waals surface area contributed by atoms with Crippen molar-refractivity contribution in [1.29, 1.82) is 0 Å². The van der Waals surface area contributed by atoms with Crippen LogP contribution in [0, 0.1) is 11.3 Å². The van der Waals surface area contributed by atoms with Crippen LogP contribution >= 0.6 is 0 Å². The number of nitrogens with zero attached hydrogens (tertiary/aromatic N) is 1. The van der Waals surface area contributed by atoms with Gasteiger partial charge in [0.1, 0.15) is 0 Å². The third-order valence-corrected chi connectivity index (χ3v) is 5.27. The van der Waals surface area contributed by atoms with E-state index in [9.17, 15) is 5.11 Å². The van der Waals surface area contributed by atoms with Gasteiger partial charge in [-0.3, -0.25) is 0 Å². The molecule has 0 amide bonds. The Kier molecular flexibility index (Phi) is 5.05. The number of aliphatic hydroxyl groups excluding tert-OH is 1. The Morgan fingerprint density at radius 3 is 2.44 bits per heavy atom. The van der Waals surface area contributed by atoms with Gasteiger partial charge in [0.05, 0.1) is 0 Å². The van der Waals surface area contributed by atoms with Gasteiger partial charge in [0.15, 0.2) is 0 Å². The number of piperidine rings is 1. The summed E-state index contributed by atoms with van der Waals surface area (Å²) in [6.45, 7) is 6.18. The predicted octanol–water partition coefficient (Wildman–Crippen LogP) is 1.86. The van der Waals surface area contributed by atoms with Crippen molar-refractivity contribution in [2.75, 3.05) is 33.3 Å². The number of aliphatic hydroxyl groups is 1. The van der Waals surface area contributed by atoms with Gasteiger partial charge in [-0.25, -0.2) is 0 Å². The molecule has 1 saturated carbocycles. The van der Waals surface area contributed by atoms with Crippen molar-refractivity contribution in [2.24, 2.45) is 11.3 Å². The van der Waals surface area contributed by atoms with Gasteiger partial charge in [-0.2, -0.15) is 0 Å². The van der Waals surface area contributed by atoms with Gasteiger partial charge < -0.3 is 15.3 Å². The van der Waals surface area contributed by atoms with Gasteiger partial charge in [0.2, 0.25) is 0 Å². The third-order valence-electron chi connectivity index (χ3n) is 5.27. The molecular weight excluding hydrogens is 224 g/mol. The smallest absolute Gasteiger partial charge is 0.0499 e. The van der Waals surface area contributed by atoms with E-state index < -0.39 is 0 Å². The zero-order chi connectivity index (χ0) is 13.0. The fourth-order valence-corrected chi connectivity index (χ4v) is 3.59. The van der Waals surface area contributed by atoms with E-state index in [1.165, 1.54) is 51.6 Å². The summed E-state index contributed by atoms with van der Waals surface area (Å²) in [4.78, 5) is 2.43. The van der Waals surface area contributed by atoms with Crippen molar-refractivity contribution < 1.29 is 5.11 Å². The van der Waals surface area contributed by atoms with Gasteiger partial charge >= 0.3 is 0 Å². The Labute approximate surface area is 112 Å². The molecule has 1 unspecified atom stereocenters. The first kappa shape index (κ1) is 14.3. The summed E-state index contributed by atoms with van der Waals surface area (Å²) < 4.78 is 0. The van der Waals surface area contributed by atoms with Crippen LogP contribution in [0.4, 0.5) is 0 Å². The molecule has 0 bridgehead atoms. The molecule has 3 nitrogen and oxygen atoms in total. The van der Waals surface area contributed by atoms with E-state index in [2.05, 4.69) is 24.2 Å². The van der Waals surface area contributed by atoms with E-state index in [0.717, 1.165) is 12.5 Å². The van der Waals surface area contributed by atoms with Crippen molar-refractivity contribution in [3.8, 4) is 0 Å². The summed E-state index contributed by atoms with van der Waals surface area (Å²) in [5, 5.41) is 13.4. The van der Waals surface area contributed by atoms with Crippen LogP contribution in [0.2, 0.25) is 0 Å². The maximum atomic E-state index is 9.63. The second-order valence-electron chi connectivity index (χ2n) is 6.68. The molecule has 0 spiro atoms. The largest absolute Gasteiger partial charge is 0.396 e. The van der Waals surface area contributed by atoms with E-state index in [0.29, 0.717) is 12.6 Å². The number of rotatable bonds is 5. The highest BCUT2D eigenvalue weighted by Crippen LogP contribution is 2.37. The fraction of sp³-hybridized carbons (Fsp3) is 1.00. The van der Waals surface area contributed by atoms with Crippen LogP contribution < -0.4 is 5.32 Å². The van der Waals surface area contributed by atoms with Crippen LogP contribution in [0.5, 0.6) is 0 Å². The quantitative estimate of drug-likeness (QED) is 0.786. The molecule has 3 heteroatoms. The van der Waals surface area contributed by atoms with Crippen molar-refractivity contribution in [3.05, 3.63) is 0 Å². The Bertz CT molecular complexity index is 243. The average Bonchev–Trinajstić information content (AvgIpc) is 2.86. The summed E-state index contributed by atoms with van der Waals surface area (Å²) in [5.41, 5.74) is 0.194. The molecule has 2 rings (SSSR count). The standard InChI is InChI=1S/C15H30N2O/c1-13(14-5-9-17(2)10-6-14)16-11-15(12-18)7-3-4-8-15/h13-14,16,18H,3-12H2,1-2H3. The molecule has 106 valence electrons. The zero-order valence-electron chi connectivity index (χ0n) is 12.1. The molecule has 1 heterocycles. The molecule has 0 aromatic rings. The molecule has 0 radical (unpaired) electrons. The molecule has 2 fully saturated rings. The summed E-state index contributed by atoms with van der Waals surface area (Å²) >= 11 is 0. The van der Waals surface area contributed by atoms with Gasteiger partial charge in [0.25, 0.3) is 0 Å². The highest BCUT2D eigenvalue weighted by atomic mass is 16.3. The lowest BCUT2D eigenvalue weighted by Gasteiger charge is -2.35. The molecule has 1 aliphatic heterocycles. The van der Waals surface area contributed by atoms with Gasteiger partial charge in [-0.15, -0.1) is 0 Å². The van der Waals surface area contributed by atoms with Crippen LogP contribution in [0.15, 0.2) is 0 Å². The first-order valence-electron chi connectivity index (χ1n) is 7.68. The van der Waals surface area contributed by atoms with Gasteiger partial charge in [-0.1, -0.05) is 12.8 Å². The predicted molar refractivity (Wildman–Crippen MR) is 75.7 cm³/mol. The van der Waals surface area contributed by atoms with E-state index in [1.807, 2.05) is 0 Å². The lowest BCUT2D eigenvalue weighted by molar-refractivity contribution is 0.116. The highest BCUT2D eigenvalue weighted by Gasteiger charge is 2.34. The molecular formula is C15H30N2O. The normalized spacial score (nSPS) is 27.5. The monoisotopic (exact) mass is 254 g/mol. The SMILES string of the molecule is CC(NCC1(CO)CCCC1)C1CCN(C)CC1. The molecule has 1 aliphatic carbocycles. The molecule has 0 aromatic heterocycles. The van der Waals surface area contributed by atoms with Crippen molar-refractivity contribution in [1.82, 2.24) is 10.2 Å². The third kappa shape index (κ3) is 3.46. The van der Waals surface area contributed by atoms with Gasteiger partial charge in [0, 0.05) is 24.6 Å². The number of nitrogens with one attached hydrogen (secondary N) is 1. The first-order chi connectivity index (χ1) is 8.65. The van der Waals surface area contributed by atoms with E-state index >= 15 is 0 Å². The van der Waals surface area contributed by atoms with Crippen molar-refractivity contribution in [3.63, 3.8) is 0 Å². The Balaban J connectivity index is 1.75. The summed E-state index contributed by atoms with van der Waals surface area (Å²) in [7, 11) is 2.22. The van der Waals surface area contributed by atoms with E-state index in [1.54, 1.807) is 0 Å². The molecule has 1 atom stereocenters. The highest BCUT2D eigenvalue weighted by molar-refractivity contribution is 4.88. The molecule has 18 heavy (non-hydrogen) atoms. The zero-order valence-corrected chi connectivity index (χ0v) is 12.1. The second-order valence-corrected chi connectivity index (χ2v) is 6.68. The van der Waals surface area contributed by atoms with Crippen LogP contribution in [0.3, 0.4) is 0 Å². The molecule has 2 aliphatic rings. The summed E-state index contributed by atoms with van der Waals surface area (Å²) in [5.74, 6) is 0.818. The molecule has 2 N–H and O–H groups in total. The molecule has 0 aromatic carbocycles. The van der Waals surface area contributed by atoms with E-state index in [-0.39, 0.29) is 5.41 Å². The lowest BCUT2D eigenvalue weighted by atomic mass is 9.85. The summed E-state index contributed by atoms with van der Waals surface area (Å²) in [6.07, 6.45) is 7.64. The Morgan fingerprint density at radius 1 is 1.28 bits per heavy atom. The van der Waals surface area contributed by atoms with Crippen molar-refractivity contribution in [2.45, 2.75) is 51.5 Å². The van der Waals surface area contributed by atoms with Crippen LogP contribution in [0.1, 0.15) is 45.4 Å². The number of hydrogen-bond acceptors (Lipinski definition) is 3. The summed E-state index contributed by atoms with van der Waals surface area (Å²) in [6, 6.07) is 0.600. The van der Waals surface area contributed by atoms with Crippen LogP contribution in [-0.4, -0.2) is 49.3 Å². The molecule has 1 saturated heterocycles. The Morgan fingerprint density at radius 2 is 1.89 bits per heavy atom. The van der Waals surface area contributed by atoms with E-state index in [4.69, 9.17) is 0 Å². The van der Waals surface area contributed by atoms with Crippen LogP contribution in [0.25, 0.3) is 0 Å². The maximum Gasteiger partial charge on any atom is 0.0499 e.